The molecule has 1 spiro atoms. The van der Waals surface area contributed by atoms with Gasteiger partial charge in [-0.3, -0.25) is 14.4 Å². The first-order valence-corrected chi connectivity index (χ1v) is 16.5. The lowest BCUT2D eigenvalue weighted by Gasteiger charge is -2.39. The molecule has 4 aromatic rings. The number of hydrogen-bond acceptors (Lipinski definition) is 9. The molecule has 3 atom stereocenters. The first kappa shape index (κ1) is 32.4. The van der Waals surface area contributed by atoms with Gasteiger partial charge in [0.2, 0.25) is 11.7 Å². The number of alkyl halides is 3. The minimum Gasteiger partial charge on any atom is -0.504 e. The predicted molar refractivity (Wildman–Crippen MR) is 172 cm³/mol. The van der Waals surface area contributed by atoms with Crippen molar-refractivity contribution in [1.82, 2.24) is 34.0 Å². The molecule has 0 bridgehead atoms. The highest BCUT2D eigenvalue weighted by Gasteiger charge is 2.63. The van der Waals surface area contributed by atoms with Gasteiger partial charge in [-0.05, 0) is 68.7 Å². The molecule has 1 saturated heterocycles. The molecule has 1 aromatic carbocycles. The quantitative estimate of drug-likeness (QED) is 0.313. The molecule has 2 aliphatic carbocycles. The van der Waals surface area contributed by atoms with Crippen LogP contribution in [-0.4, -0.2) is 76.8 Å². The largest absolute Gasteiger partial charge is 0.504 e. The number of halogens is 4. The third-order valence-corrected chi connectivity index (χ3v) is 10.7. The number of likely N-dealkylation sites (tertiary alicyclic amines) is 1. The normalized spacial score (nSPS) is 22.7. The van der Waals surface area contributed by atoms with E-state index in [-0.39, 0.29) is 52.0 Å². The zero-order valence-electron chi connectivity index (χ0n) is 26.6. The van der Waals surface area contributed by atoms with E-state index in [0.29, 0.717) is 74.6 Å². The van der Waals surface area contributed by atoms with Crippen molar-refractivity contribution in [3.63, 3.8) is 0 Å². The number of amides is 2. The van der Waals surface area contributed by atoms with Gasteiger partial charge >= 0.3 is 6.18 Å². The number of nitrogens with zero attached hydrogens (tertiary/aromatic N) is 7. The van der Waals surface area contributed by atoms with Crippen LogP contribution in [0.25, 0.3) is 11.4 Å². The number of aryl methyl sites for hydroxylation is 1. The van der Waals surface area contributed by atoms with Gasteiger partial charge in [0.05, 0.1) is 35.2 Å². The Balaban J connectivity index is 1.16. The third-order valence-electron chi connectivity index (χ3n) is 10.4. The van der Waals surface area contributed by atoms with Crippen LogP contribution >= 0.6 is 11.6 Å². The van der Waals surface area contributed by atoms with Gasteiger partial charge in [-0.15, -0.1) is 5.10 Å². The van der Waals surface area contributed by atoms with Crippen LogP contribution in [0.15, 0.2) is 35.4 Å². The van der Waals surface area contributed by atoms with Gasteiger partial charge in [-0.25, -0.2) is 9.97 Å². The second kappa shape index (κ2) is 11.6. The lowest BCUT2D eigenvalue weighted by Crippen LogP contribution is -2.48. The second-order valence-corrected chi connectivity index (χ2v) is 13.5. The van der Waals surface area contributed by atoms with Crippen LogP contribution < -0.4 is 10.9 Å². The molecule has 2 fully saturated rings. The Morgan fingerprint density at radius 3 is 2.76 bits per heavy atom. The van der Waals surface area contributed by atoms with E-state index in [0.717, 1.165) is 23.8 Å². The number of ether oxygens (including phenoxy) is 1. The number of aromatic nitrogens is 6. The summed E-state index contributed by atoms with van der Waals surface area (Å²) in [5.74, 6) is -0.787. The Bertz CT molecular complexity index is 2200. The number of piperidine rings is 1. The van der Waals surface area contributed by atoms with Crippen LogP contribution in [0.3, 0.4) is 0 Å². The van der Waals surface area contributed by atoms with E-state index in [1.54, 1.807) is 16.4 Å². The molecule has 2 amide bonds. The first-order chi connectivity index (χ1) is 23.9. The Morgan fingerprint density at radius 2 is 2.02 bits per heavy atom. The summed E-state index contributed by atoms with van der Waals surface area (Å²) in [6, 6.07) is 2.51. The van der Waals surface area contributed by atoms with Crippen LogP contribution in [0.2, 0.25) is 5.02 Å². The molecule has 1 saturated carbocycles. The maximum Gasteiger partial charge on any atom is 0.416 e. The van der Waals surface area contributed by atoms with Crippen molar-refractivity contribution < 1.29 is 32.6 Å². The fraction of sp³-hybridized carbons (Fsp3) is 0.424. The average molecular weight is 711 g/mol. The number of anilines is 1. The number of rotatable bonds is 5. The molecule has 260 valence electrons. The number of carbonyl (C=O) groups excluding carboxylic acids is 2. The monoisotopic (exact) mass is 710 g/mol. The van der Waals surface area contributed by atoms with E-state index in [9.17, 15) is 32.7 Å². The minimum absolute atomic E-state index is 0.00661. The van der Waals surface area contributed by atoms with Crippen LogP contribution in [0.5, 0.6) is 5.75 Å². The van der Waals surface area contributed by atoms with Gasteiger partial charge in [-0.1, -0.05) is 17.7 Å². The Labute approximate surface area is 286 Å². The molecule has 4 aliphatic rings. The topological polar surface area (TPSA) is 157 Å². The van der Waals surface area contributed by atoms with E-state index in [1.807, 2.05) is 6.08 Å². The second-order valence-electron chi connectivity index (χ2n) is 13.1. The van der Waals surface area contributed by atoms with Crippen molar-refractivity contribution in [3.05, 3.63) is 80.0 Å². The summed E-state index contributed by atoms with van der Waals surface area (Å²) in [7, 11) is 0. The molecule has 8 rings (SSSR count). The van der Waals surface area contributed by atoms with Crippen LogP contribution in [0, 0.1) is 12.8 Å². The molecular formula is C33H30ClF3N8O5. The predicted octanol–water partition coefficient (Wildman–Crippen LogP) is 3.93. The van der Waals surface area contributed by atoms with Gasteiger partial charge in [0.15, 0.2) is 17.3 Å². The maximum atomic E-state index is 14.4. The summed E-state index contributed by atoms with van der Waals surface area (Å²) >= 11 is 6.13. The van der Waals surface area contributed by atoms with Crippen LogP contribution in [0.4, 0.5) is 18.9 Å². The Hall–Kier alpha value is -4.83. The zero-order chi connectivity index (χ0) is 35.1. The van der Waals surface area contributed by atoms with Crippen LogP contribution in [-0.2, 0) is 34.1 Å². The molecule has 50 heavy (non-hydrogen) atoms. The molecule has 5 heterocycles. The standard InChI is InChI=1S/C33H30ClF3N8O5/c1-16-27(47)26(39-15-38-16)30(49)43-9-8-32(19-13-23(19)43)7-4-22-25(32)29(48)45-31(41-28(42-45)17-5-10-50-11-6-17)44(22)14-24(46)40-21-3-2-18(12-20(21)34)33(35,36)37/h2-3,5,12,15,19,23,47H,4,6-11,13-14H2,1H3,(H,40,46)/t19-,23+,32+/m1/s1. The van der Waals surface area contributed by atoms with Crippen molar-refractivity contribution in [1.29, 1.82) is 0 Å². The summed E-state index contributed by atoms with van der Waals surface area (Å²) in [5.41, 5.74) is 0.332. The summed E-state index contributed by atoms with van der Waals surface area (Å²) < 4.78 is 47.9. The molecule has 13 nitrogen and oxygen atoms in total. The van der Waals surface area contributed by atoms with E-state index >= 15 is 0 Å². The molecular weight excluding hydrogens is 681 g/mol. The third kappa shape index (κ3) is 5.14. The molecule has 17 heteroatoms. The Kier molecular flexibility index (Phi) is 7.52. The highest BCUT2D eigenvalue weighted by Crippen LogP contribution is 2.60. The van der Waals surface area contributed by atoms with Crippen molar-refractivity contribution in [2.45, 2.75) is 63.2 Å². The van der Waals surface area contributed by atoms with Gasteiger partial charge in [0, 0.05) is 29.3 Å². The summed E-state index contributed by atoms with van der Waals surface area (Å²) in [5, 5.41) is 17.4. The van der Waals surface area contributed by atoms with E-state index in [4.69, 9.17) is 21.3 Å². The number of carbonyl (C=O) groups is 2. The van der Waals surface area contributed by atoms with Crippen molar-refractivity contribution in [3.8, 4) is 5.75 Å². The summed E-state index contributed by atoms with van der Waals surface area (Å²) in [6.07, 6.45) is 1.20. The highest BCUT2D eigenvalue weighted by molar-refractivity contribution is 6.33. The smallest absolute Gasteiger partial charge is 0.416 e. The van der Waals surface area contributed by atoms with Crippen molar-refractivity contribution in [2.24, 2.45) is 5.92 Å². The molecule has 0 radical (unpaired) electrons. The van der Waals surface area contributed by atoms with Gasteiger partial charge in [-0.2, -0.15) is 22.7 Å². The fourth-order valence-electron chi connectivity index (χ4n) is 7.91. The van der Waals surface area contributed by atoms with E-state index in [1.165, 1.54) is 10.8 Å². The number of aromatic hydroxyl groups is 1. The zero-order valence-corrected chi connectivity index (χ0v) is 27.4. The molecule has 2 aliphatic heterocycles. The maximum absolute atomic E-state index is 14.4. The number of fused-ring (bicyclic) bond motifs is 5. The lowest BCUT2D eigenvalue weighted by molar-refractivity contribution is -0.137. The molecule has 3 aromatic heterocycles. The van der Waals surface area contributed by atoms with E-state index < -0.39 is 29.0 Å². The number of benzene rings is 1. The molecule has 2 N–H and O–H groups in total. The first-order valence-electron chi connectivity index (χ1n) is 16.2. The SMILES string of the molecule is Cc1ncnc(C(=O)N2CC[C@@]3(CCc4c3c(=O)n3nc(C5=CCOCC5)nc3n4CC(=O)Nc3ccc(C(F)(F)F)cc3Cl)[C@@H]3C[C@@H]32)c1O. The van der Waals surface area contributed by atoms with Crippen LogP contribution in [0.1, 0.15) is 64.5 Å². The number of nitrogens with one attached hydrogen (secondary N) is 1. The van der Waals surface area contributed by atoms with Gasteiger partial charge in [0.25, 0.3) is 11.5 Å². The number of hydrogen-bond donors (Lipinski definition) is 2. The van der Waals surface area contributed by atoms with Gasteiger partial charge in [0.1, 0.15) is 12.9 Å². The average Bonchev–Trinajstić information content (AvgIpc) is 3.63. The lowest BCUT2D eigenvalue weighted by atomic mass is 9.73. The molecule has 0 unspecified atom stereocenters. The Morgan fingerprint density at radius 1 is 1.20 bits per heavy atom. The van der Waals surface area contributed by atoms with Gasteiger partial charge < -0.3 is 24.6 Å². The fourth-order valence-corrected chi connectivity index (χ4v) is 8.14. The summed E-state index contributed by atoms with van der Waals surface area (Å²) in [6.45, 7) is 2.43. The minimum atomic E-state index is -4.60. The van der Waals surface area contributed by atoms with E-state index in [2.05, 4.69) is 20.4 Å². The van der Waals surface area contributed by atoms with Crippen molar-refractivity contribution >= 4 is 40.5 Å². The summed E-state index contributed by atoms with van der Waals surface area (Å²) in [4.78, 5) is 55.9. The van der Waals surface area contributed by atoms with Crippen molar-refractivity contribution in [2.75, 3.05) is 25.1 Å². The highest BCUT2D eigenvalue weighted by atomic mass is 35.5.